The smallest absolute Gasteiger partial charge is 0.264 e. The van der Waals surface area contributed by atoms with Crippen LogP contribution in [0.4, 0.5) is 0 Å². The zero-order chi connectivity index (χ0) is 16.9. The molecule has 23 heavy (non-hydrogen) atoms. The molecule has 3 rings (SSSR count). The number of benzene rings is 1. The van der Waals surface area contributed by atoms with Gasteiger partial charge < -0.3 is 0 Å². The van der Waals surface area contributed by atoms with Crippen molar-refractivity contribution >= 4 is 21.7 Å². The van der Waals surface area contributed by atoms with Crippen LogP contribution in [-0.2, 0) is 14.8 Å². The zero-order valence-electron chi connectivity index (χ0n) is 13.3. The number of Topliss-reactive ketones (excluding diaryl/α,β-unsaturated/α-hetero) is 1. The highest BCUT2D eigenvalue weighted by Gasteiger charge is 2.65. The molecule has 1 aromatic rings. The number of fused-ring (bicyclic) bond motifs is 2. The van der Waals surface area contributed by atoms with Crippen LogP contribution in [0, 0.1) is 16.7 Å². The summed E-state index contributed by atoms with van der Waals surface area (Å²) in [4.78, 5) is 24.5. The fraction of sp³-hybridized carbons (Fsp3) is 0.529. The maximum absolute atomic E-state index is 12.5. The Labute approximate surface area is 136 Å². The molecule has 2 atom stereocenters. The van der Waals surface area contributed by atoms with E-state index in [4.69, 9.17) is 0 Å². The Balaban J connectivity index is 1.82. The van der Waals surface area contributed by atoms with E-state index in [1.165, 1.54) is 0 Å². The van der Waals surface area contributed by atoms with Crippen molar-refractivity contribution in [2.45, 2.75) is 33.1 Å². The molecule has 2 aliphatic carbocycles. The summed E-state index contributed by atoms with van der Waals surface area (Å²) in [5.74, 6) is -0.688. The Hall–Kier alpha value is -1.69. The van der Waals surface area contributed by atoms with Crippen LogP contribution in [-0.4, -0.2) is 25.9 Å². The van der Waals surface area contributed by atoms with Crippen molar-refractivity contribution in [1.29, 1.82) is 0 Å². The molecule has 0 spiro atoms. The van der Waals surface area contributed by atoms with Gasteiger partial charge in [0.1, 0.15) is 5.78 Å². The number of hydrogen-bond acceptors (Lipinski definition) is 4. The first kappa shape index (κ1) is 16.2. The minimum Gasteiger partial charge on any atom is -0.299 e. The fourth-order valence-corrected chi connectivity index (χ4v) is 6.06. The van der Waals surface area contributed by atoms with Crippen LogP contribution in [0.3, 0.4) is 0 Å². The summed E-state index contributed by atoms with van der Waals surface area (Å²) >= 11 is 0. The third-order valence-corrected chi connectivity index (χ3v) is 7.23. The van der Waals surface area contributed by atoms with Crippen LogP contribution in [0.1, 0.15) is 43.5 Å². The molecule has 0 saturated heterocycles. The van der Waals surface area contributed by atoms with Crippen molar-refractivity contribution < 1.29 is 18.0 Å². The van der Waals surface area contributed by atoms with E-state index in [2.05, 4.69) is 4.72 Å². The summed E-state index contributed by atoms with van der Waals surface area (Å²) in [5, 5.41) is 0. The third-order valence-electron chi connectivity index (χ3n) is 5.86. The minimum atomic E-state index is -3.88. The van der Waals surface area contributed by atoms with Crippen LogP contribution in [0.5, 0.6) is 0 Å². The Morgan fingerprint density at radius 3 is 2.43 bits per heavy atom. The van der Waals surface area contributed by atoms with E-state index in [1.807, 2.05) is 13.8 Å². The number of carbonyl (C=O) groups excluding carboxylic acids is 2. The quantitative estimate of drug-likeness (QED) is 0.914. The van der Waals surface area contributed by atoms with E-state index in [0.29, 0.717) is 12.8 Å². The molecular weight excluding hydrogens is 314 g/mol. The molecule has 2 fully saturated rings. The molecule has 2 aliphatic rings. The van der Waals surface area contributed by atoms with E-state index in [-0.39, 0.29) is 28.4 Å². The van der Waals surface area contributed by atoms with Crippen molar-refractivity contribution in [3.63, 3.8) is 0 Å². The number of hydrogen-bond donors (Lipinski definition) is 1. The van der Waals surface area contributed by atoms with Crippen molar-refractivity contribution in [1.82, 2.24) is 4.72 Å². The minimum absolute atomic E-state index is 0.0243. The van der Waals surface area contributed by atoms with Crippen molar-refractivity contribution in [3.05, 3.63) is 35.9 Å². The van der Waals surface area contributed by atoms with Crippen molar-refractivity contribution in [2.75, 3.05) is 5.75 Å². The SMILES string of the molecule is CC1(C)C2CCC1(CS(=O)(=O)NC(=O)c1ccccc1)C(=O)C2. The van der Waals surface area contributed by atoms with Crippen LogP contribution < -0.4 is 4.72 Å². The van der Waals surface area contributed by atoms with Crippen LogP contribution in [0.25, 0.3) is 0 Å². The molecule has 0 aromatic heterocycles. The number of rotatable bonds is 4. The fourth-order valence-electron chi connectivity index (χ4n) is 4.26. The van der Waals surface area contributed by atoms with Gasteiger partial charge in [-0.25, -0.2) is 13.1 Å². The highest BCUT2D eigenvalue weighted by molar-refractivity contribution is 7.90. The molecule has 0 radical (unpaired) electrons. The number of sulfonamides is 1. The van der Waals surface area contributed by atoms with Crippen molar-refractivity contribution in [2.24, 2.45) is 16.7 Å². The van der Waals surface area contributed by atoms with E-state index >= 15 is 0 Å². The summed E-state index contributed by atoms with van der Waals surface area (Å²) in [6, 6.07) is 8.21. The van der Waals surface area contributed by atoms with Gasteiger partial charge in [0.15, 0.2) is 0 Å². The van der Waals surface area contributed by atoms with Gasteiger partial charge in [0, 0.05) is 12.0 Å². The van der Waals surface area contributed by atoms with E-state index in [0.717, 1.165) is 6.42 Å². The first-order valence-electron chi connectivity index (χ1n) is 7.81. The third kappa shape index (κ3) is 2.49. The van der Waals surface area contributed by atoms with Crippen LogP contribution in [0.2, 0.25) is 0 Å². The molecule has 5 nitrogen and oxygen atoms in total. The average Bonchev–Trinajstić information content (AvgIpc) is 2.81. The maximum atomic E-state index is 12.5. The van der Waals surface area contributed by atoms with Gasteiger partial charge in [-0.3, -0.25) is 9.59 Å². The molecule has 0 heterocycles. The molecule has 0 aliphatic heterocycles. The first-order chi connectivity index (χ1) is 10.7. The van der Waals surface area contributed by atoms with Gasteiger partial charge in [0.05, 0.1) is 11.2 Å². The second-order valence-electron chi connectivity index (χ2n) is 7.22. The lowest BCUT2D eigenvalue weighted by atomic mass is 9.70. The van der Waals surface area contributed by atoms with Gasteiger partial charge >= 0.3 is 0 Å². The number of nitrogens with one attached hydrogen (secondary N) is 1. The number of carbonyl (C=O) groups is 2. The van der Waals surface area contributed by atoms with E-state index < -0.39 is 21.3 Å². The van der Waals surface area contributed by atoms with Crippen LogP contribution in [0.15, 0.2) is 30.3 Å². The molecule has 2 bridgehead atoms. The Bertz CT molecular complexity index is 754. The summed E-state index contributed by atoms with van der Waals surface area (Å²) in [6.45, 7) is 3.95. The van der Waals surface area contributed by atoms with Crippen LogP contribution >= 0.6 is 0 Å². The summed E-state index contributed by atoms with van der Waals surface area (Å²) in [5.41, 5.74) is -0.912. The summed E-state index contributed by atoms with van der Waals surface area (Å²) < 4.78 is 27.1. The molecule has 1 N–H and O–H groups in total. The van der Waals surface area contributed by atoms with Gasteiger partial charge in [0.2, 0.25) is 10.0 Å². The average molecular weight is 335 g/mol. The first-order valence-corrected chi connectivity index (χ1v) is 9.46. The lowest BCUT2D eigenvalue weighted by molar-refractivity contribution is -0.128. The zero-order valence-corrected chi connectivity index (χ0v) is 14.2. The van der Waals surface area contributed by atoms with Gasteiger partial charge in [-0.1, -0.05) is 32.0 Å². The van der Waals surface area contributed by atoms with Gasteiger partial charge in [-0.2, -0.15) is 0 Å². The van der Waals surface area contributed by atoms with Gasteiger partial charge in [0.25, 0.3) is 5.91 Å². The largest absolute Gasteiger partial charge is 0.299 e. The highest BCUT2D eigenvalue weighted by Crippen LogP contribution is 2.64. The predicted octanol–water partition coefficient (Wildman–Crippen LogP) is 2.14. The molecule has 124 valence electrons. The molecule has 6 heteroatoms. The standard InChI is InChI=1S/C17H21NO4S/c1-16(2)13-8-9-17(16,14(19)10-13)11-23(21,22)18-15(20)12-6-4-3-5-7-12/h3-7,13H,8-11H2,1-2H3,(H,18,20). The normalized spacial score (nSPS) is 28.8. The predicted molar refractivity (Wildman–Crippen MR) is 86.3 cm³/mol. The molecule has 1 amide bonds. The molecule has 2 saturated carbocycles. The lowest BCUT2D eigenvalue weighted by Gasteiger charge is -2.36. The Morgan fingerprint density at radius 2 is 1.91 bits per heavy atom. The second kappa shape index (κ2) is 5.16. The summed E-state index contributed by atoms with van der Waals surface area (Å²) in [6.07, 6.45) is 1.92. The monoisotopic (exact) mass is 335 g/mol. The van der Waals surface area contributed by atoms with Gasteiger partial charge in [-0.05, 0) is 36.3 Å². The maximum Gasteiger partial charge on any atom is 0.264 e. The molecule has 1 aromatic carbocycles. The molecule has 2 unspecified atom stereocenters. The topological polar surface area (TPSA) is 80.3 Å². The van der Waals surface area contributed by atoms with E-state index in [9.17, 15) is 18.0 Å². The van der Waals surface area contributed by atoms with E-state index in [1.54, 1.807) is 30.3 Å². The lowest BCUT2D eigenvalue weighted by Crippen LogP contribution is -2.46. The summed E-state index contributed by atoms with van der Waals surface area (Å²) in [7, 11) is -3.88. The van der Waals surface area contributed by atoms with Gasteiger partial charge in [-0.15, -0.1) is 0 Å². The number of ketones is 1. The Kier molecular flexibility index (Phi) is 3.63. The number of amides is 1. The second-order valence-corrected chi connectivity index (χ2v) is 8.95. The Morgan fingerprint density at radius 1 is 1.26 bits per heavy atom. The van der Waals surface area contributed by atoms with Crippen molar-refractivity contribution in [3.8, 4) is 0 Å². The molecular formula is C17H21NO4S. The highest BCUT2D eigenvalue weighted by atomic mass is 32.2.